The first kappa shape index (κ1) is 34.9. The lowest BCUT2D eigenvalue weighted by molar-refractivity contribution is -0.130. The second-order valence-electron chi connectivity index (χ2n) is 12.1. The Morgan fingerprint density at radius 1 is 1.13 bits per heavy atom. The van der Waals surface area contributed by atoms with Crippen molar-refractivity contribution >= 4 is 92.0 Å². The van der Waals surface area contributed by atoms with Gasteiger partial charge in [-0.3, -0.25) is 14.2 Å². The molecular weight excluding hydrogens is 704 g/mol. The van der Waals surface area contributed by atoms with Crippen molar-refractivity contribution in [2.24, 2.45) is 5.92 Å². The third kappa shape index (κ3) is 5.74. The van der Waals surface area contributed by atoms with Gasteiger partial charge in [0.2, 0.25) is 5.91 Å². The number of nitrogens with zero attached hydrogens (tertiary/aromatic N) is 5. The van der Waals surface area contributed by atoms with E-state index in [0.717, 1.165) is 5.57 Å². The number of nitriles is 1. The lowest BCUT2D eigenvalue weighted by Crippen LogP contribution is -2.58. The van der Waals surface area contributed by atoms with Crippen LogP contribution in [0.4, 0.5) is 11.4 Å². The Balaban J connectivity index is 1.92. The Kier molecular flexibility index (Phi) is 9.85. The molecule has 0 bridgehead atoms. The molecule has 3 N–H and O–H groups in total. The maximum atomic E-state index is 14.7. The van der Waals surface area contributed by atoms with Crippen LogP contribution in [0, 0.1) is 17.2 Å². The Bertz CT molecular complexity index is 1970. The van der Waals surface area contributed by atoms with Gasteiger partial charge in [0.05, 0.1) is 53.9 Å². The predicted octanol–water partition coefficient (Wildman–Crippen LogP) is 7.77. The SMILES string of the molecule is C=CC(=O)N1[C@H](C)CN(c2c(C#N)c(=O)n(C3=C(C)C=CNC3C(C)C)c3nc(-c4c(N)c(Cl)c(Cl)c(Cl)c4Cl)c(Cl)cc23)C[C@@H]1C. The first-order valence-electron chi connectivity index (χ1n) is 14.8. The van der Waals surface area contributed by atoms with Crippen molar-refractivity contribution in [1.29, 1.82) is 5.26 Å². The van der Waals surface area contributed by atoms with Crippen molar-refractivity contribution in [2.45, 2.75) is 52.7 Å². The number of aromatic nitrogens is 2. The van der Waals surface area contributed by atoms with Gasteiger partial charge in [-0.25, -0.2) is 4.98 Å². The van der Waals surface area contributed by atoms with Gasteiger partial charge in [-0.1, -0.05) is 78.4 Å². The topological polar surface area (TPSA) is 120 Å². The van der Waals surface area contributed by atoms with Crippen molar-refractivity contribution in [3.8, 4) is 17.3 Å². The highest BCUT2D eigenvalue weighted by atomic mass is 35.5. The number of rotatable bonds is 5. The van der Waals surface area contributed by atoms with Crippen LogP contribution in [0.2, 0.25) is 25.1 Å². The average molecular weight is 736 g/mol. The van der Waals surface area contributed by atoms with Crippen LogP contribution in [0.25, 0.3) is 28.0 Å². The van der Waals surface area contributed by atoms with Crippen molar-refractivity contribution < 1.29 is 4.79 Å². The minimum atomic E-state index is -0.566. The van der Waals surface area contributed by atoms with Crippen LogP contribution in [-0.4, -0.2) is 51.6 Å². The Morgan fingerprint density at radius 3 is 2.32 bits per heavy atom. The number of amides is 1. The summed E-state index contributed by atoms with van der Waals surface area (Å²) in [5.74, 6) is -0.158. The van der Waals surface area contributed by atoms with Crippen LogP contribution in [0.5, 0.6) is 0 Å². The first-order valence-corrected chi connectivity index (χ1v) is 16.7. The van der Waals surface area contributed by atoms with E-state index in [1.807, 2.05) is 51.8 Å². The normalized spacial score (nSPS) is 19.7. The van der Waals surface area contributed by atoms with Gasteiger partial charge in [-0.05, 0) is 56.7 Å². The molecule has 1 fully saturated rings. The molecule has 47 heavy (non-hydrogen) atoms. The van der Waals surface area contributed by atoms with E-state index in [-0.39, 0.29) is 83.2 Å². The number of hydrogen-bond donors (Lipinski definition) is 2. The van der Waals surface area contributed by atoms with Crippen molar-refractivity contribution in [3.05, 3.63) is 77.6 Å². The van der Waals surface area contributed by atoms with E-state index in [1.54, 1.807) is 11.0 Å². The number of fused-ring (bicyclic) bond motifs is 1. The molecular formula is C33H32Cl5N7O2. The Hall–Kier alpha value is -3.39. The highest BCUT2D eigenvalue weighted by Gasteiger charge is 2.36. The molecule has 4 heterocycles. The molecule has 3 atom stereocenters. The number of nitrogen functional groups attached to an aromatic ring is 1. The van der Waals surface area contributed by atoms with Gasteiger partial charge in [0, 0.05) is 36.1 Å². The van der Waals surface area contributed by atoms with E-state index >= 15 is 0 Å². The quantitative estimate of drug-likeness (QED) is 0.119. The molecule has 14 heteroatoms. The molecule has 2 aliphatic heterocycles. The van der Waals surface area contributed by atoms with E-state index < -0.39 is 5.56 Å². The summed E-state index contributed by atoms with van der Waals surface area (Å²) in [4.78, 5) is 36.0. The van der Waals surface area contributed by atoms with Gasteiger partial charge < -0.3 is 20.9 Å². The van der Waals surface area contributed by atoms with Gasteiger partial charge in [0.25, 0.3) is 5.56 Å². The molecule has 2 aromatic heterocycles. The maximum absolute atomic E-state index is 14.7. The van der Waals surface area contributed by atoms with Gasteiger partial charge in [-0.2, -0.15) is 5.26 Å². The van der Waals surface area contributed by atoms with Crippen LogP contribution in [-0.2, 0) is 4.79 Å². The monoisotopic (exact) mass is 733 g/mol. The van der Waals surface area contributed by atoms with Crippen molar-refractivity contribution in [1.82, 2.24) is 19.8 Å². The third-order valence-corrected chi connectivity index (χ3v) is 10.7. The fourth-order valence-electron chi connectivity index (χ4n) is 6.53. The van der Waals surface area contributed by atoms with Crippen molar-refractivity contribution in [2.75, 3.05) is 23.7 Å². The summed E-state index contributed by atoms with van der Waals surface area (Å²) < 4.78 is 1.46. The maximum Gasteiger partial charge on any atom is 0.276 e. The molecule has 1 aromatic carbocycles. The molecule has 0 spiro atoms. The molecule has 1 saturated heterocycles. The molecule has 0 aliphatic carbocycles. The number of piperazine rings is 1. The molecule has 2 aliphatic rings. The Labute approximate surface area is 297 Å². The molecule has 3 aromatic rings. The summed E-state index contributed by atoms with van der Waals surface area (Å²) in [6.45, 7) is 14.1. The molecule has 1 unspecified atom stereocenters. The second-order valence-corrected chi connectivity index (χ2v) is 14.0. The lowest BCUT2D eigenvalue weighted by Gasteiger charge is -2.45. The largest absolute Gasteiger partial charge is 0.397 e. The van der Waals surface area contributed by atoms with Gasteiger partial charge >= 0.3 is 0 Å². The number of carbonyl (C=O) groups is 1. The summed E-state index contributed by atoms with van der Waals surface area (Å²) in [6, 6.07) is 2.98. The zero-order valence-corrected chi connectivity index (χ0v) is 30.0. The molecule has 5 rings (SSSR count). The fourth-order valence-corrected chi connectivity index (χ4v) is 7.73. The number of halogens is 5. The minimum Gasteiger partial charge on any atom is -0.397 e. The highest BCUT2D eigenvalue weighted by Crippen LogP contribution is 2.49. The molecule has 0 radical (unpaired) electrons. The van der Waals surface area contributed by atoms with E-state index in [4.69, 9.17) is 68.7 Å². The van der Waals surface area contributed by atoms with Gasteiger partial charge in [-0.15, -0.1) is 0 Å². The summed E-state index contributed by atoms with van der Waals surface area (Å²) in [5, 5.41) is 14.4. The predicted molar refractivity (Wildman–Crippen MR) is 194 cm³/mol. The highest BCUT2D eigenvalue weighted by molar-refractivity contribution is 6.54. The Morgan fingerprint density at radius 2 is 1.74 bits per heavy atom. The number of nitrogens with two attached hydrogens (primary N) is 1. The third-order valence-electron chi connectivity index (χ3n) is 8.61. The number of nitrogens with one attached hydrogen (secondary N) is 1. The minimum absolute atomic E-state index is 0.00552. The van der Waals surface area contributed by atoms with Crippen LogP contribution >= 0.6 is 58.0 Å². The van der Waals surface area contributed by atoms with Gasteiger partial charge in [0.15, 0.2) is 0 Å². The first-order chi connectivity index (χ1) is 22.2. The zero-order chi connectivity index (χ0) is 34.6. The van der Waals surface area contributed by atoms with E-state index in [1.165, 1.54) is 10.6 Å². The van der Waals surface area contributed by atoms with Crippen LogP contribution in [0.3, 0.4) is 0 Å². The number of anilines is 2. The standard InChI is InChI=1S/C33H32Cl5N7O2/c1-7-21(46)44-16(5)12-43(13-17(44)6)31-18-10-20(34)29(22-23(35)24(36)25(37)26(38)27(22)40)42-32(18)45(33(47)19(31)11-39)30-15(4)8-9-41-28(30)14(2)3/h7-10,14,16-17,28,41H,1,12-13,40H2,2-6H3/t16-,17+,28?. The zero-order valence-electron chi connectivity index (χ0n) is 26.3. The smallest absolute Gasteiger partial charge is 0.276 e. The molecule has 246 valence electrons. The van der Waals surface area contributed by atoms with Crippen LogP contribution in [0.1, 0.15) is 40.2 Å². The molecule has 1 amide bonds. The number of pyridine rings is 2. The number of carbonyl (C=O) groups excluding carboxylic acids is 1. The van der Waals surface area contributed by atoms with Crippen molar-refractivity contribution in [3.63, 3.8) is 0 Å². The van der Waals surface area contributed by atoms with E-state index in [0.29, 0.717) is 29.9 Å². The lowest BCUT2D eigenvalue weighted by atomic mass is 9.94. The summed E-state index contributed by atoms with van der Waals surface area (Å²) in [5.41, 5.74) is 8.03. The van der Waals surface area contributed by atoms with Crippen LogP contribution < -0.4 is 21.5 Å². The number of hydrogen-bond acceptors (Lipinski definition) is 7. The number of dihydropyridines is 1. The summed E-state index contributed by atoms with van der Waals surface area (Å²) >= 11 is 32.8. The number of benzene rings is 1. The van der Waals surface area contributed by atoms with E-state index in [2.05, 4.69) is 18.0 Å². The van der Waals surface area contributed by atoms with Crippen LogP contribution in [0.15, 0.2) is 41.4 Å². The van der Waals surface area contributed by atoms with E-state index in [9.17, 15) is 14.9 Å². The summed E-state index contributed by atoms with van der Waals surface area (Å²) in [7, 11) is 0. The molecule has 0 saturated carbocycles. The number of allylic oxidation sites excluding steroid dienone is 2. The fraction of sp³-hybridized carbons (Fsp3) is 0.333. The molecule has 9 nitrogen and oxygen atoms in total. The second kappa shape index (κ2) is 13.3. The van der Waals surface area contributed by atoms with Gasteiger partial charge in [0.1, 0.15) is 17.3 Å². The average Bonchev–Trinajstić information content (AvgIpc) is 3.02. The summed E-state index contributed by atoms with van der Waals surface area (Å²) in [6.07, 6.45) is 4.97.